The second kappa shape index (κ2) is 13.9. The molecule has 306 valence electrons. The number of hydrogen-bond acceptors (Lipinski definition) is 11. The van der Waals surface area contributed by atoms with Crippen molar-refractivity contribution in [3.63, 3.8) is 0 Å². The van der Waals surface area contributed by atoms with E-state index >= 15 is 0 Å². The molecule has 55 heavy (non-hydrogen) atoms. The van der Waals surface area contributed by atoms with Crippen molar-refractivity contribution < 1.29 is 59.5 Å². The van der Waals surface area contributed by atoms with E-state index in [9.17, 15) is 45.3 Å². The summed E-state index contributed by atoms with van der Waals surface area (Å²) in [5.41, 5.74) is -1.44. The van der Waals surface area contributed by atoms with Crippen LogP contribution in [0.1, 0.15) is 103 Å². The van der Waals surface area contributed by atoms with Gasteiger partial charge in [0.2, 0.25) is 0 Å². The van der Waals surface area contributed by atoms with Gasteiger partial charge < -0.3 is 50.0 Å². The highest BCUT2D eigenvalue weighted by molar-refractivity contribution is 5.89. The van der Waals surface area contributed by atoms with Crippen molar-refractivity contribution in [1.29, 1.82) is 0 Å². The number of rotatable bonds is 7. The van der Waals surface area contributed by atoms with Crippen LogP contribution in [0.3, 0.4) is 0 Å². The standard InChI is InChI=1S/C43H62O12/c1-38(2)18-25-24-12-13-27-39(3)16-15-29(54-37-33(49)31(47)32(48)34(55-37)35(50)51)40(4,21-44)26(39)14-17-41(27,5)42(24,6)19-28(46)43(25,22-45)30(20-38)53-36(52)23-10-8-7-9-11-23/h7-12,25-34,37,44-49H,13-22H2,1-6H3,(H,50,51)/t25-,26+,27+,28-,29-,30-,31-,32-,33+,34-,37+,39-,40-,41+,42+,43-/m0/s1. The summed E-state index contributed by atoms with van der Waals surface area (Å²) in [6.07, 6.45) is -3.35. The van der Waals surface area contributed by atoms with Crippen LogP contribution < -0.4 is 0 Å². The number of carboxylic acid groups (broad SMARTS) is 1. The van der Waals surface area contributed by atoms with Crippen molar-refractivity contribution >= 4 is 11.9 Å². The number of ether oxygens (including phenoxy) is 3. The van der Waals surface area contributed by atoms with E-state index in [0.717, 1.165) is 25.7 Å². The summed E-state index contributed by atoms with van der Waals surface area (Å²) in [6, 6.07) is 8.85. The van der Waals surface area contributed by atoms with E-state index in [1.54, 1.807) is 24.3 Å². The van der Waals surface area contributed by atoms with Crippen LogP contribution in [0.4, 0.5) is 0 Å². The molecule has 1 aliphatic heterocycles. The lowest BCUT2D eigenvalue weighted by atomic mass is 9.33. The summed E-state index contributed by atoms with van der Waals surface area (Å²) >= 11 is 0. The Morgan fingerprint density at radius 3 is 2.15 bits per heavy atom. The molecule has 0 amide bonds. The van der Waals surface area contributed by atoms with Gasteiger partial charge in [0.25, 0.3) is 0 Å². The van der Waals surface area contributed by atoms with E-state index in [-0.39, 0.29) is 47.2 Å². The molecular formula is C43H62O12. The number of benzene rings is 1. The molecule has 0 bridgehead atoms. The minimum absolute atomic E-state index is 0.0349. The Morgan fingerprint density at radius 1 is 0.818 bits per heavy atom. The third-order valence-electron chi connectivity index (χ3n) is 16.6. The number of fused-ring (bicyclic) bond motifs is 7. The Bertz CT molecular complexity index is 1670. The maximum absolute atomic E-state index is 13.5. The first-order chi connectivity index (χ1) is 25.7. The predicted octanol–water partition coefficient (Wildman–Crippen LogP) is 3.84. The summed E-state index contributed by atoms with van der Waals surface area (Å²) in [6.45, 7) is 12.7. The summed E-state index contributed by atoms with van der Waals surface area (Å²) in [7, 11) is 0. The lowest BCUT2D eigenvalue weighted by Gasteiger charge is -2.72. The van der Waals surface area contributed by atoms with Crippen molar-refractivity contribution in [3.8, 4) is 0 Å². The highest BCUT2D eigenvalue weighted by atomic mass is 16.7. The molecule has 0 radical (unpaired) electrons. The third kappa shape index (κ3) is 5.90. The van der Waals surface area contributed by atoms with E-state index in [2.05, 4.69) is 40.7 Å². The molecule has 6 aliphatic rings. The van der Waals surface area contributed by atoms with Gasteiger partial charge in [0.15, 0.2) is 12.4 Å². The van der Waals surface area contributed by atoms with Gasteiger partial charge in [0, 0.05) is 5.41 Å². The molecule has 0 aromatic heterocycles. The molecule has 12 heteroatoms. The van der Waals surface area contributed by atoms with Crippen molar-refractivity contribution in [1.82, 2.24) is 0 Å². The number of aliphatic carboxylic acids is 1. The third-order valence-corrected chi connectivity index (χ3v) is 16.6. The highest BCUT2D eigenvalue weighted by Crippen LogP contribution is 2.76. The number of allylic oxidation sites excluding steroid dienone is 2. The normalized spacial score (nSPS) is 48.9. The van der Waals surface area contributed by atoms with Gasteiger partial charge >= 0.3 is 11.9 Å². The average molecular weight is 771 g/mol. The minimum atomic E-state index is -1.83. The fourth-order valence-electron chi connectivity index (χ4n) is 13.4. The lowest BCUT2D eigenvalue weighted by Crippen LogP contribution is -2.70. The molecule has 5 aliphatic carbocycles. The Labute approximate surface area is 323 Å². The molecule has 4 saturated carbocycles. The first-order valence-electron chi connectivity index (χ1n) is 20.2. The second-order valence-corrected chi connectivity index (χ2v) is 19.7. The van der Waals surface area contributed by atoms with Gasteiger partial charge in [0.1, 0.15) is 24.4 Å². The SMILES string of the molecule is CC1(C)C[C@H](OC(=O)c2ccccc2)[C@]2(CO)[C@@H](O)C[C@]3(C)C(=CC[C@@H]4[C@@]5(C)CC[C@H](O[C@@H]6O[C@H](C(=O)O)[C@@H](O)[C@H](O)[C@H]6O)[C@@](C)(CO)[C@@H]5CC[C@]43C)[C@@H]2C1. The van der Waals surface area contributed by atoms with Crippen LogP contribution in [0.25, 0.3) is 0 Å². The van der Waals surface area contributed by atoms with Gasteiger partial charge in [-0.3, -0.25) is 0 Å². The van der Waals surface area contributed by atoms with Gasteiger partial charge in [-0.05, 0) is 103 Å². The maximum Gasteiger partial charge on any atom is 0.338 e. The highest BCUT2D eigenvalue weighted by Gasteiger charge is 2.72. The smallest absolute Gasteiger partial charge is 0.338 e. The summed E-state index contributed by atoms with van der Waals surface area (Å²) in [5.74, 6) is -2.04. The van der Waals surface area contributed by atoms with E-state index < -0.39 is 77.2 Å². The average Bonchev–Trinajstić information content (AvgIpc) is 3.13. The van der Waals surface area contributed by atoms with E-state index in [1.807, 2.05) is 13.0 Å². The van der Waals surface area contributed by atoms with Crippen molar-refractivity contribution in [2.24, 2.45) is 50.2 Å². The van der Waals surface area contributed by atoms with Crippen molar-refractivity contribution in [2.45, 2.75) is 142 Å². The number of aliphatic hydroxyl groups excluding tert-OH is 6. The number of carboxylic acids is 1. The van der Waals surface area contributed by atoms with Crippen LogP contribution in [0.15, 0.2) is 42.0 Å². The van der Waals surface area contributed by atoms with Gasteiger partial charge in [-0.1, -0.05) is 71.4 Å². The Morgan fingerprint density at radius 2 is 1.51 bits per heavy atom. The number of carbonyl (C=O) groups is 2. The molecule has 1 aromatic carbocycles. The maximum atomic E-state index is 13.5. The first-order valence-corrected chi connectivity index (χ1v) is 20.2. The molecule has 1 aromatic rings. The van der Waals surface area contributed by atoms with Crippen LogP contribution >= 0.6 is 0 Å². The van der Waals surface area contributed by atoms with Gasteiger partial charge in [-0.25, -0.2) is 9.59 Å². The molecule has 5 fully saturated rings. The second-order valence-electron chi connectivity index (χ2n) is 19.7. The lowest BCUT2D eigenvalue weighted by molar-refractivity contribution is -0.327. The summed E-state index contributed by atoms with van der Waals surface area (Å²) < 4.78 is 18.1. The quantitative estimate of drug-likeness (QED) is 0.120. The molecule has 0 unspecified atom stereocenters. The molecule has 16 atom stereocenters. The van der Waals surface area contributed by atoms with Crippen LogP contribution in [-0.4, -0.2) is 110 Å². The topological polar surface area (TPSA) is 203 Å². The van der Waals surface area contributed by atoms with Gasteiger partial charge in [-0.15, -0.1) is 0 Å². The number of carbonyl (C=O) groups excluding carboxylic acids is 1. The monoisotopic (exact) mass is 770 g/mol. The molecule has 1 saturated heterocycles. The number of esters is 1. The summed E-state index contributed by atoms with van der Waals surface area (Å²) in [5, 5.41) is 76.1. The fourth-order valence-corrected chi connectivity index (χ4v) is 13.4. The summed E-state index contributed by atoms with van der Waals surface area (Å²) in [4.78, 5) is 25.3. The molecule has 7 N–H and O–H groups in total. The molecule has 1 heterocycles. The Kier molecular flexibility index (Phi) is 10.3. The molecule has 12 nitrogen and oxygen atoms in total. The van der Waals surface area contributed by atoms with E-state index in [4.69, 9.17) is 14.2 Å². The van der Waals surface area contributed by atoms with Gasteiger partial charge in [0.05, 0.1) is 36.4 Å². The van der Waals surface area contributed by atoms with Crippen LogP contribution in [-0.2, 0) is 19.0 Å². The first kappa shape index (κ1) is 40.8. The van der Waals surface area contributed by atoms with Crippen LogP contribution in [0.5, 0.6) is 0 Å². The number of aliphatic hydroxyl groups is 6. The Balaban J connectivity index is 1.20. The molecule has 7 rings (SSSR count). The van der Waals surface area contributed by atoms with E-state index in [1.165, 1.54) is 5.57 Å². The number of hydrogen-bond donors (Lipinski definition) is 7. The Hall–Kier alpha value is -2.42. The zero-order valence-corrected chi connectivity index (χ0v) is 33.1. The zero-order chi connectivity index (χ0) is 40.1. The van der Waals surface area contributed by atoms with Crippen molar-refractivity contribution in [2.75, 3.05) is 13.2 Å². The van der Waals surface area contributed by atoms with Gasteiger partial charge in [-0.2, -0.15) is 0 Å². The fraction of sp³-hybridized carbons (Fsp3) is 0.767. The zero-order valence-electron chi connectivity index (χ0n) is 33.1. The predicted molar refractivity (Wildman–Crippen MR) is 199 cm³/mol. The van der Waals surface area contributed by atoms with Crippen LogP contribution in [0.2, 0.25) is 0 Å². The molecular weight excluding hydrogens is 708 g/mol. The van der Waals surface area contributed by atoms with Crippen molar-refractivity contribution in [3.05, 3.63) is 47.5 Å². The largest absolute Gasteiger partial charge is 0.479 e. The minimum Gasteiger partial charge on any atom is -0.479 e. The van der Waals surface area contributed by atoms with E-state index in [0.29, 0.717) is 31.2 Å². The molecule has 0 spiro atoms. The van der Waals surface area contributed by atoms with Crippen LogP contribution in [0, 0.1) is 50.2 Å².